The summed E-state index contributed by atoms with van der Waals surface area (Å²) in [5, 5.41) is 12.2. The van der Waals surface area contributed by atoms with Crippen molar-refractivity contribution in [2.45, 2.75) is 6.42 Å². The highest BCUT2D eigenvalue weighted by Gasteiger charge is 2.11. The van der Waals surface area contributed by atoms with Crippen molar-refractivity contribution < 1.29 is 4.74 Å². The Hall–Kier alpha value is -3.08. The molecule has 9 nitrogen and oxygen atoms in total. The Morgan fingerprint density at radius 3 is 2.75 bits per heavy atom. The summed E-state index contributed by atoms with van der Waals surface area (Å²) in [7, 11) is 0. The molecule has 1 saturated heterocycles. The van der Waals surface area contributed by atoms with Crippen LogP contribution in [-0.4, -0.2) is 75.4 Å². The number of fused-ring (bicyclic) bond motifs is 1. The molecule has 1 aliphatic heterocycles. The third-order valence-corrected chi connectivity index (χ3v) is 6.20. The van der Waals surface area contributed by atoms with Crippen molar-refractivity contribution >= 4 is 27.2 Å². The standard InChI is InChI=1S/C22H26N8OS/c1-2-7-23-18(3-1)6-8-25-21-28-30-16-19(27-22(30)32-21)17-4-5-20(26-15-17)24-9-10-29-11-13-31-14-12-29/h1-5,7,15-16H,6,8-14H2,(H,24,26)(H,25,28). The second-order valence-corrected chi connectivity index (χ2v) is 8.53. The summed E-state index contributed by atoms with van der Waals surface area (Å²) >= 11 is 1.54. The zero-order valence-electron chi connectivity index (χ0n) is 17.8. The number of hydrogen-bond donors (Lipinski definition) is 2. The first kappa shape index (κ1) is 20.8. The van der Waals surface area contributed by atoms with Crippen molar-refractivity contribution in [3.63, 3.8) is 0 Å². The number of rotatable bonds is 9. The van der Waals surface area contributed by atoms with Gasteiger partial charge in [0.05, 0.1) is 25.1 Å². The molecule has 0 unspecified atom stereocenters. The van der Waals surface area contributed by atoms with Crippen LogP contribution < -0.4 is 10.6 Å². The number of anilines is 2. The lowest BCUT2D eigenvalue weighted by molar-refractivity contribution is 0.0398. The Morgan fingerprint density at radius 2 is 1.97 bits per heavy atom. The lowest BCUT2D eigenvalue weighted by Gasteiger charge is -2.26. The normalized spacial score (nSPS) is 14.6. The Bertz CT molecular complexity index is 1090. The SMILES string of the molecule is c1ccc(CCNc2nn3cc(-c4ccc(NCCN5CCOCC5)nc4)nc3s2)nc1. The van der Waals surface area contributed by atoms with Gasteiger partial charge in [-0.25, -0.2) is 14.5 Å². The molecule has 0 atom stereocenters. The van der Waals surface area contributed by atoms with Gasteiger partial charge in [-0.15, -0.1) is 5.10 Å². The van der Waals surface area contributed by atoms with Crippen LogP contribution in [0.3, 0.4) is 0 Å². The van der Waals surface area contributed by atoms with Crippen LogP contribution in [0.1, 0.15) is 5.69 Å². The van der Waals surface area contributed by atoms with Gasteiger partial charge in [0, 0.05) is 62.8 Å². The Balaban J connectivity index is 1.13. The molecule has 1 aliphatic rings. The first-order valence-corrected chi connectivity index (χ1v) is 11.7. The predicted octanol–water partition coefficient (Wildman–Crippen LogP) is 2.65. The van der Waals surface area contributed by atoms with Crippen LogP contribution in [0.4, 0.5) is 10.9 Å². The third kappa shape index (κ3) is 5.21. The van der Waals surface area contributed by atoms with Crippen LogP contribution in [-0.2, 0) is 11.2 Å². The van der Waals surface area contributed by atoms with E-state index in [0.29, 0.717) is 0 Å². The molecule has 4 aromatic heterocycles. The molecular weight excluding hydrogens is 424 g/mol. The Morgan fingerprint density at radius 1 is 1.03 bits per heavy atom. The van der Waals surface area contributed by atoms with Gasteiger partial charge in [-0.1, -0.05) is 17.4 Å². The highest BCUT2D eigenvalue weighted by atomic mass is 32.1. The van der Waals surface area contributed by atoms with Crippen molar-refractivity contribution in [1.29, 1.82) is 0 Å². The second-order valence-electron chi connectivity index (χ2n) is 7.57. The van der Waals surface area contributed by atoms with Crippen molar-refractivity contribution in [2.24, 2.45) is 0 Å². The number of morpholine rings is 1. The minimum Gasteiger partial charge on any atom is -0.379 e. The number of hydrogen-bond acceptors (Lipinski definition) is 9. The van der Waals surface area contributed by atoms with Gasteiger partial charge in [-0.2, -0.15) is 0 Å². The molecular formula is C22H26N8OS. The van der Waals surface area contributed by atoms with Crippen LogP contribution in [0.5, 0.6) is 0 Å². The lowest BCUT2D eigenvalue weighted by atomic mass is 10.2. The van der Waals surface area contributed by atoms with E-state index in [0.717, 1.165) is 85.2 Å². The summed E-state index contributed by atoms with van der Waals surface area (Å²) in [5.74, 6) is 0.876. The molecule has 32 heavy (non-hydrogen) atoms. The van der Waals surface area contributed by atoms with Gasteiger partial charge in [-0.3, -0.25) is 9.88 Å². The minimum absolute atomic E-state index is 0.782. The Kier molecular flexibility index (Phi) is 6.52. The lowest BCUT2D eigenvalue weighted by Crippen LogP contribution is -2.39. The van der Waals surface area contributed by atoms with Gasteiger partial charge in [0.1, 0.15) is 5.82 Å². The van der Waals surface area contributed by atoms with Gasteiger partial charge in [-0.05, 0) is 24.3 Å². The molecule has 0 aromatic carbocycles. The fourth-order valence-corrected chi connectivity index (χ4v) is 4.38. The molecule has 2 N–H and O–H groups in total. The maximum atomic E-state index is 5.38. The maximum Gasteiger partial charge on any atom is 0.214 e. The van der Waals surface area contributed by atoms with Crippen molar-refractivity contribution in [1.82, 2.24) is 29.5 Å². The smallest absolute Gasteiger partial charge is 0.214 e. The zero-order chi connectivity index (χ0) is 21.6. The van der Waals surface area contributed by atoms with E-state index in [-0.39, 0.29) is 0 Å². The minimum atomic E-state index is 0.782. The Labute approximate surface area is 190 Å². The van der Waals surface area contributed by atoms with Gasteiger partial charge >= 0.3 is 0 Å². The summed E-state index contributed by atoms with van der Waals surface area (Å²) in [5.41, 5.74) is 2.91. The number of imidazole rings is 1. The summed E-state index contributed by atoms with van der Waals surface area (Å²) < 4.78 is 7.20. The molecule has 0 bridgehead atoms. The topological polar surface area (TPSA) is 92.5 Å². The molecule has 0 radical (unpaired) electrons. The van der Waals surface area contributed by atoms with E-state index >= 15 is 0 Å². The number of nitrogens with one attached hydrogen (secondary N) is 2. The number of aromatic nitrogens is 5. The highest BCUT2D eigenvalue weighted by Crippen LogP contribution is 2.24. The molecule has 1 fully saturated rings. The van der Waals surface area contributed by atoms with Gasteiger partial charge in [0.15, 0.2) is 0 Å². The summed E-state index contributed by atoms with van der Waals surface area (Å²) in [4.78, 5) is 16.8. The molecule has 0 aliphatic carbocycles. The van der Waals surface area contributed by atoms with Crippen LogP contribution >= 0.6 is 11.3 Å². The first-order chi connectivity index (χ1) is 15.8. The second kappa shape index (κ2) is 10.0. The number of ether oxygens (including phenoxy) is 1. The molecule has 0 saturated carbocycles. The average Bonchev–Trinajstić information content (AvgIpc) is 3.40. The summed E-state index contributed by atoms with van der Waals surface area (Å²) in [6, 6.07) is 10.0. The van der Waals surface area contributed by atoms with E-state index in [1.165, 1.54) is 11.3 Å². The number of nitrogens with zero attached hydrogens (tertiary/aromatic N) is 6. The first-order valence-electron chi connectivity index (χ1n) is 10.8. The zero-order valence-corrected chi connectivity index (χ0v) is 18.6. The number of pyridine rings is 2. The van der Waals surface area contributed by atoms with Gasteiger partial charge in [0.2, 0.25) is 10.1 Å². The molecule has 5 rings (SSSR count). The monoisotopic (exact) mass is 450 g/mol. The van der Waals surface area contributed by atoms with E-state index in [1.807, 2.05) is 53.4 Å². The molecule has 10 heteroatoms. The molecule has 0 spiro atoms. The average molecular weight is 451 g/mol. The largest absolute Gasteiger partial charge is 0.379 e. The van der Waals surface area contributed by atoms with E-state index in [4.69, 9.17) is 9.72 Å². The van der Waals surface area contributed by atoms with E-state index < -0.39 is 0 Å². The van der Waals surface area contributed by atoms with Crippen LogP contribution in [0.2, 0.25) is 0 Å². The van der Waals surface area contributed by atoms with E-state index in [1.54, 1.807) is 0 Å². The van der Waals surface area contributed by atoms with Crippen LogP contribution in [0, 0.1) is 0 Å². The summed E-state index contributed by atoms with van der Waals surface area (Å²) in [6.07, 6.45) is 6.47. The highest BCUT2D eigenvalue weighted by molar-refractivity contribution is 7.20. The van der Waals surface area contributed by atoms with Crippen LogP contribution in [0.25, 0.3) is 16.2 Å². The fraction of sp³-hybridized carbons (Fsp3) is 0.364. The van der Waals surface area contributed by atoms with Gasteiger partial charge < -0.3 is 15.4 Å². The van der Waals surface area contributed by atoms with Crippen molar-refractivity contribution in [3.8, 4) is 11.3 Å². The van der Waals surface area contributed by atoms with Crippen molar-refractivity contribution in [2.75, 3.05) is 56.6 Å². The predicted molar refractivity (Wildman–Crippen MR) is 126 cm³/mol. The van der Waals surface area contributed by atoms with E-state index in [9.17, 15) is 0 Å². The van der Waals surface area contributed by atoms with Crippen LogP contribution in [0.15, 0.2) is 48.9 Å². The van der Waals surface area contributed by atoms with E-state index in [2.05, 4.69) is 30.6 Å². The van der Waals surface area contributed by atoms with Crippen molar-refractivity contribution in [3.05, 3.63) is 54.6 Å². The third-order valence-electron chi connectivity index (χ3n) is 5.32. The molecule has 4 aromatic rings. The fourth-order valence-electron chi connectivity index (χ4n) is 3.57. The quantitative estimate of drug-likeness (QED) is 0.402. The summed E-state index contributed by atoms with van der Waals surface area (Å²) in [6.45, 7) is 6.30. The molecule has 0 amide bonds. The maximum absolute atomic E-state index is 5.38. The van der Waals surface area contributed by atoms with Gasteiger partial charge in [0.25, 0.3) is 0 Å². The molecule has 166 valence electrons. The molecule has 5 heterocycles.